The minimum atomic E-state index is -1.18. The highest BCUT2D eigenvalue weighted by Crippen LogP contribution is 2.42. The summed E-state index contributed by atoms with van der Waals surface area (Å²) >= 11 is 6.53. The maximum atomic E-state index is 14.4. The summed E-state index contributed by atoms with van der Waals surface area (Å²) in [6.07, 6.45) is -0.443. The Hall–Kier alpha value is -4.70. The molecule has 10 heteroatoms. The quantitative estimate of drug-likeness (QED) is 0.107. The zero-order chi connectivity index (χ0) is 37.4. The van der Waals surface area contributed by atoms with Crippen LogP contribution < -0.4 is 15.0 Å². The first kappa shape index (κ1) is 38.5. The number of carbonyl (C=O) groups excluding carboxylic acids is 2. The zero-order valence-corrected chi connectivity index (χ0v) is 30.9. The van der Waals surface area contributed by atoms with Crippen LogP contribution in [0, 0.1) is 19.3 Å². The monoisotopic (exact) mass is 726 g/mol. The number of benzene rings is 4. The van der Waals surface area contributed by atoms with Gasteiger partial charge in [-0.25, -0.2) is 0 Å². The molecule has 274 valence electrons. The Morgan fingerprint density at radius 2 is 1.73 bits per heavy atom. The maximum absolute atomic E-state index is 14.4. The molecule has 0 aliphatic carbocycles. The minimum absolute atomic E-state index is 0.105. The van der Waals surface area contributed by atoms with Crippen LogP contribution in [0.3, 0.4) is 0 Å². The molecule has 4 aromatic rings. The van der Waals surface area contributed by atoms with E-state index in [1.807, 2.05) is 64.1 Å². The molecule has 4 aromatic carbocycles. The second-order valence-corrected chi connectivity index (χ2v) is 14.6. The number of anilines is 2. The number of halogens is 1. The van der Waals surface area contributed by atoms with Crippen molar-refractivity contribution in [1.82, 2.24) is 0 Å². The van der Waals surface area contributed by atoms with Crippen molar-refractivity contribution in [3.05, 3.63) is 123 Å². The first-order valence-corrected chi connectivity index (χ1v) is 18.0. The fourth-order valence-electron chi connectivity index (χ4n) is 6.36. The van der Waals surface area contributed by atoms with Gasteiger partial charge in [-0.2, -0.15) is 0 Å². The van der Waals surface area contributed by atoms with Gasteiger partial charge in [0.2, 0.25) is 5.91 Å². The fraction of sp³-hybridized carbons (Fsp3) is 0.357. The second-order valence-electron chi connectivity index (χ2n) is 14.1. The van der Waals surface area contributed by atoms with Gasteiger partial charge in [-0.05, 0) is 97.3 Å². The number of hydrogen-bond donors (Lipinski definition) is 3. The van der Waals surface area contributed by atoms with Crippen LogP contribution in [0.2, 0.25) is 5.02 Å². The van der Waals surface area contributed by atoms with Gasteiger partial charge in [-0.15, -0.1) is 0 Å². The number of aliphatic hydroxyl groups is 1. The average Bonchev–Trinajstić information content (AvgIpc) is 3.21. The predicted octanol–water partition coefficient (Wildman–Crippen LogP) is 7.85. The van der Waals surface area contributed by atoms with E-state index in [-0.39, 0.29) is 32.4 Å². The molecule has 1 aliphatic rings. The number of aliphatic hydroxyl groups excluding tert-OH is 1. The molecule has 0 saturated heterocycles. The minimum Gasteiger partial charge on any atom is -0.493 e. The predicted molar refractivity (Wildman–Crippen MR) is 203 cm³/mol. The van der Waals surface area contributed by atoms with Crippen LogP contribution in [-0.4, -0.2) is 53.9 Å². The summed E-state index contributed by atoms with van der Waals surface area (Å²) in [4.78, 5) is 41.2. The van der Waals surface area contributed by atoms with Gasteiger partial charge in [0.15, 0.2) is 0 Å². The summed E-state index contributed by atoms with van der Waals surface area (Å²) in [7, 11) is 0. The number of carboxylic acid groups (broad SMARTS) is 1. The molecule has 0 bridgehead atoms. The molecule has 2 atom stereocenters. The number of amides is 2. The van der Waals surface area contributed by atoms with Crippen molar-refractivity contribution < 1.29 is 34.1 Å². The maximum Gasteiger partial charge on any atom is 0.303 e. The number of nitrogens with zero attached hydrogens (tertiary/aromatic N) is 1. The molecular formula is C42H47ClN2O7. The Morgan fingerprint density at radius 1 is 0.962 bits per heavy atom. The van der Waals surface area contributed by atoms with Gasteiger partial charge in [-0.3, -0.25) is 14.4 Å². The number of rotatable bonds is 15. The molecule has 0 saturated carbocycles. The van der Waals surface area contributed by atoms with E-state index in [0.717, 1.165) is 29.5 Å². The third kappa shape index (κ3) is 9.79. The summed E-state index contributed by atoms with van der Waals surface area (Å²) in [5, 5.41) is 22.9. The zero-order valence-electron chi connectivity index (χ0n) is 30.2. The van der Waals surface area contributed by atoms with Crippen molar-refractivity contribution in [1.29, 1.82) is 0 Å². The molecular weight excluding hydrogens is 680 g/mol. The Kier molecular flexibility index (Phi) is 12.8. The van der Waals surface area contributed by atoms with Gasteiger partial charge in [-0.1, -0.05) is 74.0 Å². The molecule has 2 amide bonds. The van der Waals surface area contributed by atoms with E-state index in [1.165, 1.54) is 5.56 Å². The summed E-state index contributed by atoms with van der Waals surface area (Å²) in [5.41, 5.74) is 5.84. The van der Waals surface area contributed by atoms with E-state index in [9.17, 15) is 24.6 Å². The number of aliphatic carboxylic acids is 1. The van der Waals surface area contributed by atoms with Gasteiger partial charge < -0.3 is 29.9 Å². The standard InChI is InChI=1S/C42H47ClN2O7/c1-27-10-8-14-33(28(27)2)40-34-23-31(43)16-18-35(34)45(25-42(3,4)26-46)41(50)37(52-40)24-38(47)44-32-17-19-36(30(22-32)15-20-39(48)49)51-21-9-13-29-11-6-5-7-12-29/h5-8,10-12,14,16-19,22-23,37,40,46H,9,13,15,20-21,24-26H2,1-4H3,(H,44,47)(H,48,49)/t37-,40-/m1/s1. The molecule has 0 fully saturated rings. The molecule has 5 rings (SSSR count). The largest absolute Gasteiger partial charge is 0.493 e. The molecule has 0 aromatic heterocycles. The third-order valence-corrected chi connectivity index (χ3v) is 9.62. The van der Waals surface area contributed by atoms with E-state index in [1.54, 1.807) is 41.3 Å². The van der Waals surface area contributed by atoms with E-state index < -0.39 is 35.4 Å². The number of hydrogen-bond acceptors (Lipinski definition) is 6. The van der Waals surface area contributed by atoms with Gasteiger partial charge in [0.25, 0.3) is 5.91 Å². The van der Waals surface area contributed by atoms with Crippen LogP contribution in [0.4, 0.5) is 11.4 Å². The Morgan fingerprint density at radius 3 is 2.46 bits per heavy atom. The molecule has 1 heterocycles. The van der Waals surface area contributed by atoms with Crippen LogP contribution in [-0.2, 0) is 32.0 Å². The van der Waals surface area contributed by atoms with Crippen LogP contribution in [0.1, 0.15) is 72.6 Å². The number of aryl methyl sites for hydroxylation is 3. The number of ether oxygens (including phenoxy) is 2. The smallest absolute Gasteiger partial charge is 0.303 e. The lowest BCUT2D eigenvalue weighted by Crippen LogP contribution is -2.46. The summed E-state index contributed by atoms with van der Waals surface area (Å²) < 4.78 is 12.7. The van der Waals surface area contributed by atoms with E-state index in [2.05, 4.69) is 17.4 Å². The normalized spacial score (nSPS) is 15.9. The first-order chi connectivity index (χ1) is 24.8. The average molecular weight is 727 g/mol. The van der Waals surface area contributed by atoms with Crippen molar-refractivity contribution in [3.8, 4) is 5.75 Å². The van der Waals surface area contributed by atoms with Crippen LogP contribution in [0.25, 0.3) is 0 Å². The number of carbonyl (C=O) groups is 3. The highest BCUT2D eigenvalue weighted by Gasteiger charge is 2.40. The Labute approximate surface area is 310 Å². The van der Waals surface area contributed by atoms with Crippen LogP contribution in [0.15, 0.2) is 84.9 Å². The number of nitrogens with one attached hydrogen (secondary N) is 1. The van der Waals surface area contributed by atoms with Crippen molar-refractivity contribution in [2.24, 2.45) is 5.41 Å². The molecule has 9 nitrogen and oxygen atoms in total. The van der Waals surface area contributed by atoms with Crippen molar-refractivity contribution in [2.45, 2.75) is 72.0 Å². The lowest BCUT2D eigenvalue weighted by atomic mass is 9.91. The van der Waals surface area contributed by atoms with E-state index in [4.69, 9.17) is 21.1 Å². The Balaban J connectivity index is 1.40. The summed E-state index contributed by atoms with van der Waals surface area (Å²) in [6, 6.07) is 26.5. The lowest BCUT2D eigenvalue weighted by Gasteiger charge is -2.32. The molecule has 0 unspecified atom stereocenters. The highest BCUT2D eigenvalue weighted by molar-refractivity contribution is 6.30. The SMILES string of the molecule is Cc1cccc([C@H]2O[C@H](CC(=O)Nc3ccc(OCCCc4ccccc4)c(CCC(=O)O)c3)C(=O)N(CC(C)(C)CO)c3ccc(Cl)cc32)c1C. The first-order valence-electron chi connectivity index (χ1n) is 17.6. The fourth-order valence-corrected chi connectivity index (χ4v) is 6.54. The molecule has 1 aliphatic heterocycles. The van der Waals surface area contributed by atoms with Gasteiger partial charge in [0.1, 0.15) is 18.0 Å². The van der Waals surface area contributed by atoms with Crippen molar-refractivity contribution in [3.63, 3.8) is 0 Å². The topological polar surface area (TPSA) is 125 Å². The number of fused-ring (bicyclic) bond motifs is 1. The van der Waals surface area contributed by atoms with E-state index >= 15 is 0 Å². The van der Waals surface area contributed by atoms with Crippen LogP contribution in [0.5, 0.6) is 5.75 Å². The second kappa shape index (κ2) is 17.2. The van der Waals surface area contributed by atoms with Gasteiger partial charge in [0.05, 0.1) is 13.0 Å². The lowest BCUT2D eigenvalue weighted by molar-refractivity contribution is -0.137. The van der Waals surface area contributed by atoms with Crippen LogP contribution >= 0.6 is 11.6 Å². The van der Waals surface area contributed by atoms with Crippen molar-refractivity contribution >= 4 is 40.8 Å². The van der Waals surface area contributed by atoms with E-state index in [0.29, 0.717) is 39.9 Å². The van der Waals surface area contributed by atoms with Gasteiger partial charge in [0, 0.05) is 46.9 Å². The molecule has 0 spiro atoms. The Bertz CT molecular complexity index is 1890. The highest BCUT2D eigenvalue weighted by atomic mass is 35.5. The summed E-state index contributed by atoms with van der Waals surface area (Å²) in [6.45, 7) is 8.19. The molecule has 0 radical (unpaired) electrons. The third-order valence-electron chi connectivity index (χ3n) is 9.38. The molecule has 52 heavy (non-hydrogen) atoms. The van der Waals surface area contributed by atoms with Crippen molar-refractivity contribution in [2.75, 3.05) is 30.0 Å². The summed E-state index contributed by atoms with van der Waals surface area (Å²) in [5.74, 6) is -1.24. The molecule has 3 N–H and O–H groups in total. The van der Waals surface area contributed by atoms with Gasteiger partial charge >= 0.3 is 5.97 Å². The number of carboxylic acids is 1.